The number of aliphatic hydroxyl groups excluding tert-OH is 1. The van der Waals surface area contributed by atoms with Crippen molar-refractivity contribution in [3.8, 4) is 0 Å². The lowest BCUT2D eigenvalue weighted by Crippen LogP contribution is -2.36. The highest BCUT2D eigenvalue weighted by Crippen LogP contribution is 2.24. The predicted molar refractivity (Wildman–Crippen MR) is 80.4 cm³/mol. The van der Waals surface area contributed by atoms with Crippen LogP contribution in [0.5, 0.6) is 0 Å². The van der Waals surface area contributed by atoms with Gasteiger partial charge in [-0.25, -0.2) is 0 Å². The summed E-state index contributed by atoms with van der Waals surface area (Å²) >= 11 is 0. The van der Waals surface area contributed by atoms with Gasteiger partial charge in [0.05, 0.1) is 6.61 Å². The van der Waals surface area contributed by atoms with E-state index in [4.69, 9.17) is 0 Å². The van der Waals surface area contributed by atoms with E-state index in [1.54, 1.807) is 0 Å². The minimum atomic E-state index is 0.173. The molecule has 0 saturated carbocycles. The predicted octanol–water partition coefficient (Wildman–Crippen LogP) is 2.39. The van der Waals surface area contributed by atoms with E-state index in [2.05, 4.69) is 48.3 Å². The maximum atomic E-state index is 9.38. The molecule has 3 nitrogen and oxygen atoms in total. The molecule has 1 aliphatic heterocycles. The minimum Gasteiger partial charge on any atom is -0.395 e. The molecule has 1 fully saturated rings. The van der Waals surface area contributed by atoms with Crippen LogP contribution in [0.25, 0.3) is 0 Å². The molecule has 0 amide bonds. The Hall–Kier alpha value is -1.06. The van der Waals surface area contributed by atoms with Crippen molar-refractivity contribution >= 4 is 5.69 Å². The second kappa shape index (κ2) is 6.92. The lowest BCUT2D eigenvalue weighted by Gasteiger charge is -2.24. The summed E-state index contributed by atoms with van der Waals surface area (Å²) in [4.78, 5) is 2.47. The molecule has 1 atom stereocenters. The van der Waals surface area contributed by atoms with Crippen LogP contribution in [-0.2, 0) is 6.54 Å². The molecule has 1 aliphatic rings. The summed E-state index contributed by atoms with van der Waals surface area (Å²) in [6.07, 6.45) is 2.60. The van der Waals surface area contributed by atoms with Crippen LogP contribution in [0.2, 0.25) is 0 Å². The van der Waals surface area contributed by atoms with Crippen molar-refractivity contribution in [3.63, 3.8) is 0 Å². The summed E-state index contributed by atoms with van der Waals surface area (Å²) < 4.78 is 0. The number of benzene rings is 1. The molecule has 0 aliphatic carbocycles. The van der Waals surface area contributed by atoms with Gasteiger partial charge in [0.2, 0.25) is 0 Å². The number of nitrogens with zero attached hydrogens (tertiary/aromatic N) is 1. The average molecular weight is 262 g/mol. The Bertz CT molecular complexity index is 386. The second-order valence-corrected chi connectivity index (χ2v) is 5.74. The highest BCUT2D eigenvalue weighted by atomic mass is 16.3. The number of rotatable bonds is 6. The first kappa shape index (κ1) is 14.4. The number of hydrogen-bond donors (Lipinski definition) is 2. The summed E-state index contributed by atoms with van der Waals surface area (Å²) in [6.45, 7) is 7.65. The van der Waals surface area contributed by atoms with Crippen molar-refractivity contribution in [1.82, 2.24) is 5.32 Å². The highest BCUT2D eigenvalue weighted by Gasteiger charge is 2.16. The number of nitrogens with one attached hydrogen (secondary N) is 1. The van der Waals surface area contributed by atoms with Gasteiger partial charge in [0.1, 0.15) is 0 Å². The van der Waals surface area contributed by atoms with Crippen molar-refractivity contribution in [2.24, 2.45) is 5.92 Å². The zero-order valence-corrected chi connectivity index (χ0v) is 12.1. The van der Waals surface area contributed by atoms with Crippen LogP contribution in [0.4, 0.5) is 5.69 Å². The number of anilines is 1. The summed E-state index contributed by atoms with van der Waals surface area (Å²) in [7, 11) is 0. The van der Waals surface area contributed by atoms with E-state index >= 15 is 0 Å². The van der Waals surface area contributed by atoms with Gasteiger partial charge in [-0.15, -0.1) is 0 Å². The van der Waals surface area contributed by atoms with Gasteiger partial charge in [-0.05, 0) is 30.4 Å². The van der Waals surface area contributed by atoms with Gasteiger partial charge < -0.3 is 15.3 Å². The molecule has 0 bridgehead atoms. The molecule has 19 heavy (non-hydrogen) atoms. The third-order valence-electron chi connectivity index (χ3n) is 3.99. The molecule has 0 spiro atoms. The average Bonchev–Trinajstić information content (AvgIpc) is 2.93. The maximum Gasteiger partial charge on any atom is 0.0587 e. The van der Waals surface area contributed by atoms with Gasteiger partial charge in [0.25, 0.3) is 0 Å². The molecule has 1 heterocycles. The zero-order valence-electron chi connectivity index (χ0n) is 12.1. The molecular formula is C16H26N2O. The van der Waals surface area contributed by atoms with E-state index < -0.39 is 0 Å². The largest absolute Gasteiger partial charge is 0.395 e. The van der Waals surface area contributed by atoms with Gasteiger partial charge in [0, 0.05) is 31.4 Å². The first-order valence-electron chi connectivity index (χ1n) is 7.39. The molecule has 1 aromatic carbocycles. The van der Waals surface area contributed by atoms with Gasteiger partial charge >= 0.3 is 0 Å². The van der Waals surface area contributed by atoms with Gasteiger partial charge in [-0.2, -0.15) is 0 Å². The SMILES string of the molecule is CC(C)C(CO)NCc1ccccc1N1CCCC1. The molecule has 1 saturated heterocycles. The normalized spacial score (nSPS) is 17.2. The third kappa shape index (κ3) is 3.71. The van der Waals surface area contributed by atoms with Gasteiger partial charge in [0.15, 0.2) is 0 Å². The molecule has 1 aromatic rings. The Morgan fingerprint density at radius 3 is 2.53 bits per heavy atom. The number of hydrogen-bond acceptors (Lipinski definition) is 3. The van der Waals surface area contributed by atoms with Gasteiger partial charge in [-0.3, -0.25) is 0 Å². The molecule has 0 aromatic heterocycles. The molecular weight excluding hydrogens is 236 g/mol. The van der Waals surface area contributed by atoms with E-state index in [-0.39, 0.29) is 12.6 Å². The Kier molecular flexibility index (Phi) is 5.23. The van der Waals surface area contributed by atoms with Gasteiger partial charge in [-0.1, -0.05) is 32.0 Å². The fourth-order valence-corrected chi connectivity index (χ4v) is 2.68. The van der Waals surface area contributed by atoms with Crippen molar-refractivity contribution < 1.29 is 5.11 Å². The zero-order chi connectivity index (χ0) is 13.7. The molecule has 2 N–H and O–H groups in total. The van der Waals surface area contributed by atoms with Crippen LogP contribution >= 0.6 is 0 Å². The lowest BCUT2D eigenvalue weighted by molar-refractivity contribution is 0.210. The van der Waals surface area contributed by atoms with E-state index in [1.165, 1.54) is 37.2 Å². The topological polar surface area (TPSA) is 35.5 Å². The van der Waals surface area contributed by atoms with Crippen molar-refractivity contribution in [3.05, 3.63) is 29.8 Å². The first-order chi connectivity index (χ1) is 9.22. The summed E-state index contributed by atoms with van der Waals surface area (Å²) in [5.41, 5.74) is 2.69. The molecule has 106 valence electrons. The van der Waals surface area contributed by atoms with E-state index in [0.717, 1.165) is 6.54 Å². The molecule has 1 unspecified atom stereocenters. The highest BCUT2D eigenvalue weighted by molar-refractivity contribution is 5.54. The first-order valence-corrected chi connectivity index (χ1v) is 7.39. The third-order valence-corrected chi connectivity index (χ3v) is 3.99. The Morgan fingerprint density at radius 1 is 1.21 bits per heavy atom. The second-order valence-electron chi connectivity index (χ2n) is 5.74. The number of aliphatic hydroxyl groups is 1. The van der Waals surface area contributed by atoms with E-state index in [9.17, 15) is 5.11 Å². The maximum absolute atomic E-state index is 9.38. The van der Waals surface area contributed by atoms with Crippen molar-refractivity contribution in [2.75, 3.05) is 24.6 Å². The van der Waals surface area contributed by atoms with Crippen LogP contribution in [0, 0.1) is 5.92 Å². The van der Waals surface area contributed by atoms with E-state index in [1.807, 2.05) is 0 Å². The fourth-order valence-electron chi connectivity index (χ4n) is 2.68. The molecule has 2 rings (SSSR count). The summed E-state index contributed by atoms with van der Waals surface area (Å²) in [5, 5.41) is 12.9. The van der Waals surface area contributed by atoms with Crippen molar-refractivity contribution in [1.29, 1.82) is 0 Å². The summed E-state index contributed by atoms with van der Waals surface area (Å²) in [6, 6.07) is 8.79. The van der Waals surface area contributed by atoms with E-state index in [0.29, 0.717) is 5.92 Å². The van der Waals surface area contributed by atoms with Crippen LogP contribution in [0.1, 0.15) is 32.3 Å². The fraction of sp³-hybridized carbons (Fsp3) is 0.625. The monoisotopic (exact) mass is 262 g/mol. The van der Waals surface area contributed by atoms with Crippen LogP contribution in [0.15, 0.2) is 24.3 Å². The standard InChI is InChI=1S/C16H26N2O/c1-13(2)15(12-19)17-11-14-7-3-4-8-16(14)18-9-5-6-10-18/h3-4,7-8,13,15,17,19H,5-6,9-12H2,1-2H3. The van der Waals surface area contributed by atoms with Crippen LogP contribution in [0.3, 0.4) is 0 Å². The Labute approximate surface area is 116 Å². The van der Waals surface area contributed by atoms with Crippen LogP contribution in [-0.4, -0.2) is 30.8 Å². The number of para-hydroxylation sites is 1. The molecule has 0 radical (unpaired) electrons. The van der Waals surface area contributed by atoms with Crippen LogP contribution < -0.4 is 10.2 Å². The smallest absolute Gasteiger partial charge is 0.0587 e. The Balaban J connectivity index is 2.03. The van der Waals surface area contributed by atoms with Crippen molar-refractivity contribution in [2.45, 2.75) is 39.3 Å². The molecule has 3 heteroatoms. The quantitative estimate of drug-likeness (QED) is 0.826. The lowest BCUT2D eigenvalue weighted by atomic mass is 10.0. The minimum absolute atomic E-state index is 0.173. The summed E-state index contributed by atoms with van der Waals surface area (Å²) in [5.74, 6) is 0.448. The Morgan fingerprint density at radius 2 is 1.89 bits per heavy atom.